The molecule has 17 heavy (non-hydrogen) atoms. The molecule has 0 aromatic heterocycles. The Morgan fingerprint density at radius 1 is 1.12 bits per heavy atom. The second kappa shape index (κ2) is 4.87. The van der Waals surface area contributed by atoms with Gasteiger partial charge < -0.3 is 14.8 Å². The third-order valence-electron chi connectivity index (χ3n) is 4.35. The minimum Gasteiger partial charge on any atom is -0.348 e. The minimum atomic E-state index is -0.219. The lowest BCUT2D eigenvalue weighted by atomic mass is 9.85. The lowest BCUT2D eigenvalue weighted by molar-refractivity contribution is -0.180. The van der Waals surface area contributed by atoms with E-state index >= 15 is 0 Å². The van der Waals surface area contributed by atoms with E-state index < -0.39 is 0 Å². The van der Waals surface area contributed by atoms with Crippen molar-refractivity contribution in [1.29, 1.82) is 0 Å². The molecule has 1 spiro atoms. The van der Waals surface area contributed by atoms with Gasteiger partial charge >= 0.3 is 0 Å². The summed E-state index contributed by atoms with van der Waals surface area (Å²) < 4.78 is 11.5. The van der Waals surface area contributed by atoms with E-state index in [-0.39, 0.29) is 5.79 Å². The fourth-order valence-electron chi connectivity index (χ4n) is 2.61. The number of hydrogen-bond acceptors (Lipinski definition) is 3. The summed E-state index contributed by atoms with van der Waals surface area (Å²) >= 11 is 0. The van der Waals surface area contributed by atoms with Crippen molar-refractivity contribution in [3.63, 3.8) is 0 Å². The number of ether oxygens (including phenoxy) is 2. The van der Waals surface area contributed by atoms with Crippen molar-refractivity contribution in [1.82, 2.24) is 5.32 Å². The van der Waals surface area contributed by atoms with Crippen LogP contribution in [0.5, 0.6) is 0 Å². The normalized spacial score (nSPS) is 27.5. The van der Waals surface area contributed by atoms with Crippen LogP contribution in [0.4, 0.5) is 0 Å². The van der Waals surface area contributed by atoms with E-state index in [1.807, 2.05) is 0 Å². The smallest absolute Gasteiger partial charge is 0.168 e. The van der Waals surface area contributed by atoms with E-state index in [9.17, 15) is 0 Å². The molecule has 2 fully saturated rings. The van der Waals surface area contributed by atoms with Crippen LogP contribution in [0.15, 0.2) is 0 Å². The first kappa shape index (κ1) is 13.3. The van der Waals surface area contributed by atoms with Gasteiger partial charge in [0.05, 0.1) is 13.2 Å². The van der Waals surface area contributed by atoms with Crippen LogP contribution in [0, 0.1) is 5.41 Å². The molecule has 0 radical (unpaired) electrons. The zero-order valence-corrected chi connectivity index (χ0v) is 11.7. The molecule has 1 heterocycles. The van der Waals surface area contributed by atoms with Crippen molar-refractivity contribution in [3.8, 4) is 0 Å². The molecule has 3 heteroatoms. The molecule has 2 aliphatic rings. The number of hydrogen-bond donors (Lipinski definition) is 1. The van der Waals surface area contributed by atoms with Gasteiger partial charge in [-0.1, -0.05) is 20.8 Å². The van der Waals surface area contributed by atoms with Crippen LogP contribution in [0.3, 0.4) is 0 Å². The molecule has 2 rings (SSSR count). The van der Waals surface area contributed by atoms with Gasteiger partial charge in [-0.05, 0) is 25.2 Å². The highest BCUT2D eigenvalue weighted by atomic mass is 16.7. The Labute approximate surface area is 105 Å². The molecule has 1 atom stereocenters. The summed E-state index contributed by atoms with van der Waals surface area (Å²) in [5, 5.41) is 3.75. The zero-order chi connectivity index (χ0) is 12.5. The van der Waals surface area contributed by atoms with Gasteiger partial charge in [0.25, 0.3) is 0 Å². The van der Waals surface area contributed by atoms with E-state index in [1.165, 1.54) is 12.8 Å². The zero-order valence-electron chi connectivity index (χ0n) is 11.7. The first-order valence-electron chi connectivity index (χ1n) is 6.95. The monoisotopic (exact) mass is 241 g/mol. The maximum Gasteiger partial charge on any atom is 0.168 e. The molecule has 0 amide bonds. The van der Waals surface area contributed by atoms with Crippen molar-refractivity contribution >= 4 is 0 Å². The molecule has 1 unspecified atom stereocenters. The number of rotatable bonds is 2. The van der Waals surface area contributed by atoms with Crippen LogP contribution in [0.25, 0.3) is 0 Å². The molecule has 1 aliphatic carbocycles. The quantitative estimate of drug-likeness (QED) is 0.806. The largest absolute Gasteiger partial charge is 0.348 e. The Morgan fingerprint density at radius 2 is 1.65 bits per heavy atom. The second-order valence-electron chi connectivity index (χ2n) is 6.64. The molecule has 1 saturated carbocycles. The van der Waals surface area contributed by atoms with Crippen LogP contribution >= 0.6 is 0 Å². The first-order valence-corrected chi connectivity index (χ1v) is 6.95. The van der Waals surface area contributed by atoms with Crippen LogP contribution < -0.4 is 5.32 Å². The molecule has 1 aliphatic heterocycles. The molecular weight excluding hydrogens is 214 g/mol. The molecule has 0 bridgehead atoms. The summed E-state index contributed by atoms with van der Waals surface area (Å²) in [6.45, 7) is 10.7. The minimum absolute atomic E-state index is 0.219. The SMILES string of the molecule is CC(NC1CCC2(CC1)OCCO2)C(C)(C)C. The van der Waals surface area contributed by atoms with Crippen molar-refractivity contribution < 1.29 is 9.47 Å². The Morgan fingerprint density at radius 3 is 2.12 bits per heavy atom. The van der Waals surface area contributed by atoms with Crippen molar-refractivity contribution in [3.05, 3.63) is 0 Å². The Hall–Kier alpha value is -0.120. The standard InChI is InChI=1S/C14H27NO2/c1-11(13(2,3)4)15-12-5-7-14(8-6-12)16-9-10-17-14/h11-12,15H,5-10H2,1-4H3. The van der Waals surface area contributed by atoms with Crippen molar-refractivity contribution in [2.75, 3.05) is 13.2 Å². The summed E-state index contributed by atoms with van der Waals surface area (Å²) in [6, 6.07) is 1.18. The van der Waals surface area contributed by atoms with Crippen LogP contribution in [0.2, 0.25) is 0 Å². The predicted octanol–water partition coefficient (Wildman–Crippen LogP) is 2.70. The van der Waals surface area contributed by atoms with Crippen molar-refractivity contribution in [2.45, 2.75) is 71.2 Å². The van der Waals surface area contributed by atoms with Gasteiger partial charge in [0.15, 0.2) is 5.79 Å². The lowest BCUT2D eigenvalue weighted by Gasteiger charge is -2.39. The van der Waals surface area contributed by atoms with Gasteiger partial charge in [0.2, 0.25) is 0 Å². The second-order valence-corrected chi connectivity index (χ2v) is 6.64. The fraction of sp³-hybridized carbons (Fsp3) is 1.00. The Bertz CT molecular complexity index is 243. The lowest BCUT2D eigenvalue weighted by Crippen LogP contribution is -2.48. The summed E-state index contributed by atoms with van der Waals surface area (Å²) in [5.41, 5.74) is 0.329. The molecule has 3 nitrogen and oxygen atoms in total. The summed E-state index contributed by atoms with van der Waals surface area (Å²) in [7, 11) is 0. The van der Waals surface area contributed by atoms with E-state index in [4.69, 9.17) is 9.47 Å². The average Bonchev–Trinajstić information content (AvgIpc) is 2.69. The van der Waals surface area contributed by atoms with E-state index in [0.29, 0.717) is 17.5 Å². The van der Waals surface area contributed by atoms with Gasteiger partial charge in [-0.25, -0.2) is 0 Å². The Kier molecular flexibility index (Phi) is 3.81. The Balaban J connectivity index is 1.79. The molecule has 100 valence electrons. The van der Waals surface area contributed by atoms with Crippen molar-refractivity contribution in [2.24, 2.45) is 5.41 Å². The fourth-order valence-corrected chi connectivity index (χ4v) is 2.61. The van der Waals surface area contributed by atoms with E-state index in [0.717, 1.165) is 26.1 Å². The molecular formula is C14H27NO2. The van der Waals surface area contributed by atoms with Gasteiger partial charge in [-0.15, -0.1) is 0 Å². The maximum atomic E-state index is 5.75. The average molecular weight is 241 g/mol. The van der Waals surface area contributed by atoms with Crippen LogP contribution in [-0.2, 0) is 9.47 Å². The van der Waals surface area contributed by atoms with Gasteiger partial charge in [0, 0.05) is 24.9 Å². The maximum absolute atomic E-state index is 5.75. The van der Waals surface area contributed by atoms with E-state index in [2.05, 4.69) is 33.0 Å². The third kappa shape index (κ3) is 3.21. The summed E-state index contributed by atoms with van der Waals surface area (Å²) in [5.74, 6) is -0.219. The highest BCUT2D eigenvalue weighted by molar-refractivity contribution is 4.88. The number of nitrogens with one attached hydrogen (secondary N) is 1. The van der Waals surface area contributed by atoms with Crippen LogP contribution in [-0.4, -0.2) is 31.1 Å². The molecule has 0 aromatic rings. The molecule has 1 N–H and O–H groups in total. The van der Waals surface area contributed by atoms with Gasteiger partial charge in [-0.3, -0.25) is 0 Å². The van der Waals surface area contributed by atoms with E-state index in [1.54, 1.807) is 0 Å². The van der Waals surface area contributed by atoms with Gasteiger partial charge in [0.1, 0.15) is 0 Å². The summed E-state index contributed by atoms with van der Waals surface area (Å²) in [4.78, 5) is 0. The highest BCUT2D eigenvalue weighted by Crippen LogP contribution is 2.36. The molecule has 0 aromatic carbocycles. The highest BCUT2D eigenvalue weighted by Gasteiger charge is 2.40. The third-order valence-corrected chi connectivity index (χ3v) is 4.35. The predicted molar refractivity (Wildman–Crippen MR) is 68.9 cm³/mol. The van der Waals surface area contributed by atoms with Gasteiger partial charge in [-0.2, -0.15) is 0 Å². The van der Waals surface area contributed by atoms with Crippen LogP contribution in [0.1, 0.15) is 53.4 Å². The first-order chi connectivity index (χ1) is 7.91. The topological polar surface area (TPSA) is 30.5 Å². The molecule has 1 saturated heterocycles. The summed E-state index contributed by atoms with van der Waals surface area (Å²) in [6.07, 6.45) is 4.42.